The number of carbonyl (C=O) groups excluding carboxylic acids is 1. The van der Waals surface area contributed by atoms with E-state index < -0.39 is 5.97 Å². The molecule has 31 heavy (non-hydrogen) atoms. The van der Waals surface area contributed by atoms with E-state index >= 15 is 0 Å². The zero-order valence-corrected chi connectivity index (χ0v) is 18.1. The van der Waals surface area contributed by atoms with Gasteiger partial charge in [0.05, 0.1) is 32.8 Å². The molecule has 0 spiro atoms. The zero-order chi connectivity index (χ0) is 21.8. The number of rotatable bonds is 8. The number of methoxy groups -OCH3 is 2. The summed E-state index contributed by atoms with van der Waals surface area (Å²) < 4.78 is 23.4. The number of furan rings is 2. The van der Waals surface area contributed by atoms with Gasteiger partial charge in [-0.05, 0) is 37.3 Å². The third-order valence-electron chi connectivity index (χ3n) is 4.66. The number of carbonyl (C=O) groups is 1. The largest absolute Gasteiger partial charge is 0.497 e. The van der Waals surface area contributed by atoms with Crippen molar-refractivity contribution >= 4 is 17.7 Å². The molecule has 0 N–H and O–H groups in total. The van der Waals surface area contributed by atoms with E-state index in [0.717, 1.165) is 17.1 Å². The van der Waals surface area contributed by atoms with Gasteiger partial charge in [-0.25, -0.2) is 4.79 Å². The van der Waals surface area contributed by atoms with Crippen LogP contribution in [0.2, 0.25) is 0 Å². The molecule has 3 aromatic heterocycles. The lowest BCUT2D eigenvalue weighted by Gasteiger charge is -2.09. The van der Waals surface area contributed by atoms with Crippen LogP contribution in [0.15, 0.2) is 62.7 Å². The number of aromatic nitrogens is 3. The number of aryl methyl sites for hydroxylation is 1. The van der Waals surface area contributed by atoms with Gasteiger partial charge in [-0.15, -0.1) is 10.2 Å². The minimum atomic E-state index is -0.418. The van der Waals surface area contributed by atoms with E-state index in [-0.39, 0.29) is 0 Å². The SMILES string of the molecule is COC(=O)c1cc(CSc2nnc(-c3cccc(OC)c3)n2Cc2ccco2)oc1C. The van der Waals surface area contributed by atoms with Crippen LogP contribution in [0, 0.1) is 6.92 Å². The van der Waals surface area contributed by atoms with Gasteiger partial charge in [-0.1, -0.05) is 23.9 Å². The minimum absolute atomic E-state index is 0.418. The maximum Gasteiger partial charge on any atom is 0.341 e. The first kappa shape index (κ1) is 20.8. The van der Waals surface area contributed by atoms with Gasteiger partial charge in [0.2, 0.25) is 0 Å². The Morgan fingerprint density at radius 3 is 2.74 bits per heavy atom. The summed E-state index contributed by atoms with van der Waals surface area (Å²) in [6, 6.07) is 13.1. The Kier molecular flexibility index (Phi) is 6.13. The molecule has 8 nitrogen and oxygen atoms in total. The molecule has 0 aliphatic heterocycles. The summed E-state index contributed by atoms with van der Waals surface area (Å²) in [5, 5.41) is 9.49. The molecule has 0 aliphatic carbocycles. The Bertz CT molecular complexity index is 1180. The molecule has 0 saturated carbocycles. The molecule has 0 saturated heterocycles. The summed E-state index contributed by atoms with van der Waals surface area (Å²) in [6.45, 7) is 2.21. The fourth-order valence-electron chi connectivity index (χ4n) is 3.14. The van der Waals surface area contributed by atoms with Gasteiger partial charge < -0.3 is 18.3 Å². The summed E-state index contributed by atoms with van der Waals surface area (Å²) in [7, 11) is 2.97. The van der Waals surface area contributed by atoms with Crippen molar-refractivity contribution in [1.29, 1.82) is 0 Å². The van der Waals surface area contributed by atoms with E-state index in [9.17, 15) is 4.79 Å². The monoisotopic (exact) mass is 439 g/mol. The van der Waals surface area contributed by atoms with Crippen molar-refractivity contribution < 1.29 is 23.1 Å². The smallest absolute Gasteiger partial charge is 0.341 e. The van der Waals surface area contributed by atoms with Crippen LogP contribution in [0.5, 0.6) is 5.75 Å². The highest BCUT2D eigenvalue weighted by Crippen LogP contribution is 2.30. The zero-order valence-electron chi connectivity index (χ0n) is 17.3. The van der Waals surface area contributed by atoms with Crippen molar-refractivity contribution in [2.24, 2.45) is 0 Å². The minimum Gasteiger partial charge on any atom is -0.497 e. The highest BCUT2D eigenvalue weighted by molar-refractivity contribution is 7.98. The number of nitrogens with zero attached hydrogens (tertiary/aromatic N) is 3. The van der Waals surface area contributed by atoms with Crippen LogP contribution in [0.4, 0.5) is 0 Å². The quantitative estimate of drug-likeness (QED) is 0.291. The number of esters is 1. The van der Waals surface area contributed by atoms with Gasteiger partial charge in [0.15, 0.2) is 11.0 Å². The summed E-state index contributed by atoms with van der Waals surface area (Å²) in [5.74, 6) is 3.46. The van der Waals surface area contributed by atoms with E-state index in [4.69, 9.17) is 18.3 Å². The van der Waals surface area contributed by atoms with E-state index in [1.807, 2.05) is 41.0 Å². The van der Waals surface area contributed by atoms with Crippen LogP contribution in [-0.2, 0) is 17.0 Å². The van der Waals surface area contributed by atoms with Gasteiger partial charge in [0.25, 0.3) is 0 Å². The van der Waals surface area contributed by atoms with Gasteiger partial charge in [0.1, 0.15) is 28.6 Å². The average molecular weight is 439 g/mol. The Balaban J connectivity index is 1.63. The van der Waals surface area contributed by atoms with Gasteiger partial charge in [0, 0.05) is 5.56 Å². The molecular weight excluding hydrogens is 418 g/mol. The first-order chi connectivity index (χ1) is 15.1. The Morgan fingerprint density at radius 1 is 1.13 bits per heavy atom. The van der Waals surface area contributed by atoms with E-state index in [2.05, 4.69) is 10.2 Å². The third-order valence-corrected chi connectivity index (χ3v) is 5.65. The lowest BCUT2D eigenvalue weighted by atomic mass is 10.2. The van der Waals surface area contributed by atoms with Crippen molar-refractivity contribution in [1.82, 2.24) is 14.8 Å². The van der Waals surface area contributed by atoms with Crippen molar-refractivity contribution in [3.63, 3.8) is 0 Å². The van der Waals surface area contributed by atoms with Gasteiger partial charge in [-0.3, -0.25) is 4.57 Å². The van der Waals surface area contributed by atoms with Crippen molar-refractivity contribution in [2.45, 2.75) is 24.4 Å². The van der Waals surface area contributed by atoms with Crippen LogP contribution in [0.25, 0.3) is 11.4 Å². The maximum atomic E-state index is 11.8. The molecule has 0 amide bonds. The fraction of sp³-hybridized carbons (Fsp3) is 0.227. The molecule has 4 rings (SSSR count). The number of thioether (sulfide) groups is 1. The third kappa shape index (κ3) is 4.51. The Morgan fingerprint density at radius 2 is 2.00 bits per heavy atom. The lowest BCUT2D eigenvalue weighted by molar-refractivity contribution is 0.0599. The molecule has 1 aromatic carbocycles. The second-order valence-electron chi connectivity index (χ2n) is 6.67. The molecule has 4 aromatic rings. The molecule has 0 atom stereocenters. The van der Waals surface area contributed by atoms with Crippen LogP contribution >= 0.6 is 11.8 Å². The molecule has 160 valence electrons. The van der Waals surface area contributed by atoms with Gasteiger partial charge in [-0.2, -0.15) is 0 Å². The van der Waals surface area contributed by atoms with Crippen LogP contribution in [0.3, 0.4) is 0 Å². The predicted molar refractivity (Wildman–Crippen MR) is 114 cm³/mol. The second-order valence-corrected chi connectivity index (χ2v) is 7.61. The molecular formula is C22H21N3O5S. The van der Waals surface area contributed by atoms with Crippen molar-refractivity contribution in [3.8, 4) is 17.1 Å². The molecule has 0 unspecified atom stereocenters. The number of benzene rings is 1. The van der Waals surface area contributed by atoms with E-state index in [1.165, 1.54) is 18.9 Å². The standard InChI is InChI=1S/C22H21N3O5S/c1-14-19(21(26)28-3)11-18(30-14)13-31-22-24-23-20(15-6-4-7-16(10-15)27-2)25(22)12-17-8-5-9-29-17/h4-11H,12-13H2,1-3H3. The number of hydrogen-bond acceptors (Lipinski definition) is 8. The predicted octanol–water partition coefficient (Wildman–Crippen LogP) is 4.58. The van der Waals surface area contributed by atoms with Crippen LogP contribution in [-0.4, -0.2) is 35.0 Å². The van der Waals surface area contributed by atoms with Crippen molar-refractivity contribution in [3.05, 3.63) is 71.6 Å². The first-order valence-corrected chi connectivity index (χ1v) is 10.5. The molecule has 9 heteroatoms. The lowest BCUT2D eigenvalue weighted by Crippen LogP contribution is -2.03. The molecule has 0 aliphatic rings. The van der Waals surface area contributed by atoms with Crippen molar-refractivity contribution in [2.75, 3.05) is 14.2 Å². The summed E-state index contributed by atoms with van der Waals surface area (Å²) in [4.78, 5) is 11.8. The summed E-state index contributed by atoms with van der Waals surface area (Å²) in [5.41, 5.74) is 1.30. The van der Waals surface area contributed by atoms with E-state index in [0.29, 0.717) is 40.4 Å². The topological polar surface area (TPSA) is 92.5 Å². The second kappa shape index (κ2) is 9.13. The van der Waals surface area contributed by atoms with Crippen LogP contribution < -0.4 is 4.74 Å². The number of hydrogen-bond donors (Lipinski definition) is 0. The van der Waals surface area contributed by atoms with Gasteiger partial charge >= 0.3 is 5.97 Å². The molecule has 0 radical (unpaired) electrons. The molecule has 3 heterocycles. The number of ether oxygens (including phenoxy) is 2. The summed E-state index contributed by atoms with van der Waals surface area (Å²) >= 11 is 1.46. The highest BCUT2D eigenvalue weighted by Gasteiger charge is 2.19. The average Bonchev–Trinajstić information content (AvgIpc) is 3.53. The highest BCUT2D eigenvalue weighted by atomic mass is 32.2. The van der Waals surface area contributed by atoms with E-state index in [1.54, 1.807) is 26.4 Å². The Hall–Kier alpha value is -3.46. The Labute approximate surface area is 183 Å². The fourth-order valence-corrected chi connectivity index (χ4v) is 3.95. The first-order valence-electron chi connectivity index (χ1n) is 9.49. The normalized spacial score (nSPS) is 10.9. The maximum absolute atomic E-state index is 11.8. The molecule has 0 fully saturated rings. The molecule has 0 bridgehead atoms. The summed E-state index contributed by atoms with van der Waals surface area (Å²) in [6.07, 6.45) is 1.64. The van der Waals surface area contributed by atoms with Crippen LogP contribution in [0.1, 0.15) is 27.6 Å².